The number of piperidine rings is 1. The third-order valence-corrected chi connectivity index (χ3v) is 7.83. The molecule has 1 aromatic heterocycles. The minimum Gasteiger partial charge on any atom is -0.418 e. The van der Waals surface area contributed by atoms with Crippen molar-refractivity contribution >= 4 is 35.4 Å². The van der Waals surface area contributed by atoms with Gasteiger partial charge in [0.15, 0.2) is 11.6 Å². The second kappa shape index (κ2) is 14.1. The Kier molecular flexibility index (Phi) is 10.1. The summed E-state index contributed by atoms with van der Waals surface area (Å²) in [5, 5.41) is 8.14. The first-order valence-electron chi connectivity index (χ1n) is 15.4. The van der Waals surface area contributed by atoms with Crippen LogP contribution in [0, 0.1) is 18.6 Å². The van der Waals surface area contributed by atoms with Gasteiger partial charge in [-0.1, -0.05) is 18.6 Å². The van der Waals surface area contributed by atoms with Crippen LogP contribution in [0.15, 0.2) is 30.3 Å². The van der Waals surface area contributed by atoms with E-state index in [1.807, 2.05) is 0 Å². The van der Waals surface area contributed by atoms with E-state index < -0.39 is 58.8 Å². The van der Waals surface area contributed by atoms with Gasteiger partial charge in [0.05, 0.1) is 17.8 Å². The molecule has 256 valence electrons. The molecule has 1 fully saturated rings. The Labute approximate surface area is 272 Å². The van der Waals surface area contributed by atoms with Crippen molar-refractivity contribution in [3.63, 3.8) is 0 Å². The zero-order valence-corrected chi connectivity index (χ0v) is 26.4. The monoisotopic (exact) mass is 675 g/mol. The first-order chi connectivity index (χ1) is 22.8. The number of amides is 3. The quantitative estimate of drug-likeness (QED) is 0.152. The highest BCUT2D eigenvalue weighted by molar-refractivity contribution is 6.04. The number of nitrogens with one attached hydrogen (secondary N) is 3. The van der Waals surface area contributed by atoms with Crippen LogP contribution in [0.3, 0.4) is 0 Å². The molecule has 48 heavy (non-hydrogen) atoms. The minimum atomic E-state index is -5.42. The van der Waals surface area contributed by atoms with Gasteiger partial charge in [0, 0.05) is 30.3 Å². The van der Waals surface area contributed by atoms with Gasteiger partial charge in [-0.3, -0.25) is 4.79 Å². The zero-order valence-electron chi connectivity index (χ0n) is 26.4. The Morgan fingerprint density at radius 2 is 1.73 bits per heavy atom. The summed E-state index contributed by atoms with van der Waals surface area (Å²) >= 11 is 0. The number of aromatic nitrogens is 2. The summed E-state index contributed by atoms with van der Waals surface area (Å²) in [5.74, 6) is -6.71. The number of carbonyl (C=O) groups excluding carboxylic acids is 3. The fraction of sp³-hybridized carbons (Fsp3) is 0.406. The molecule has 2 aliphatic heterocycles. The second-order valence-electron chi connectivity index (χ2n) is 11.7. The highest BCUT2D eigenvalue weighted by atomic mass is 19.4. The van der Waals surface area contributed by atoms with Crippen LogP contribution in [0.2, 0.25) is 0 Å². The Bertz CT molecular complexity index is 1710. The van der Waals surface area contributed by atoms with Crippen LogP contribution in [0.1, 0.15) is 54.6 Å². The number of urea groups is 1. The van der Waals surface area contributed by atoms with E-state index in [-0.39, 0.29) is 40.7 Å². The molecule has 16 heteroatoms. The van der Waals surface area contributed by atoms with E-state index in [4.69, 9.17) is 4.74 Å². The summed E-state index contributed by atoms with van der Waals surface area (Å²) < 4.78 is 75.8. The van der Waals surface area contributed by atoms with Crippen molar-refractivity contribution in [3.8, 4) is 17.0 Å². The molecule has 0 atom stereocenters. The number of para-hydroxylation sites is 1. The SMILES string of the molecule is Cc1ccc(C(=O)NC(C)C)c(OC(=O)C(F)(F)F)c1-c1nc(NCCN2CCCCC2)nc2c1CNC(=O)N2c1c(F)cccc1F. The summed E-state index contributed by atoms with van der Waals surface area (Å²) in [6.07, 6.45) is -2.22. The molecule has 0 aliphatic carbocycles. The predicted molar refractivity (Wildman–Crippen MR) is 166 cm³/mol. The average Bonchev–Trinajstić information content (AvgIpc) is 3.01. The first kappa shape index (κ1) is 34.5. The summed E-state index contributed by atoms with van der Waals surface area (Å²) in [4.78, 5) is 50.6. The standard InChI is InChI=1S/C32H34F5N7O4/c1-17(2)40-28(45)19-11-10-18(3)23(26(19)48-29(46)32(35,36)37)24-20-16-39-31(47)44(25-21(33)8-7-9-22(25)34)27(20)42-30(41-24)38-12-15-43-13-5-4-6-14-43/h7-11,17H,4-6,12-16H2,1-3H3,(H,39,47)(H,40,45)(H,38,41,42). The summed E-state index contributed by atoms with van der Waals surface area (Å²) in [7, 11) is 0. The number of rotatable bonds is 9. The first-order valence-corrected chi connectivity index (χ1v) is 15.4. The molecule has 2 aromatic carbocycles. The summed E-state index contributed by atoms with van der Waals surface area (Å²) in [6, 6.07) is 4.31. The van der Waals surface area contributed by atoms with E-state index in [0.29, 0.717) is 18.0 Å². The van der Waals surface area contributed by atoms with Gasteiger partial charge in [-0.2, -0.15) is 18.2 Å². The number of nitrogens with zero attached hydrogens (tertiary/aromatic N) is 4. The molecule has 0 bridgehead atoms. The van der Waals surface area contributed by atoms with Crippen LogP contribution in [-0.2, 0) is 11.3 Å². The van der Waals surface area contributed by atoms with Gasteiger partial charge in [0.25, 0.3) is 5.91 Å². The van der Waals surface area contributed by atoms with Crippen molar-refractivity contribution in [3.05, 3.63) is 58.7 Å². The van der Waals surface area contributed by atoms with Gasteiger partial charge >= 0.3 is 18.2 Å². The molecular formula is C32H34F5N7O4. The predicted octanol–water partition coefficient (Wildman–Crippen LogP) is 5.60. The number of carbonyl (C=O) groups is 3. The lowest BCUT2D eigenvalue weighted by Gasteiger charge is -2.31. The number of hydrogen-bond acceptors (Lipinski definition) is 8. The number of hydrogen-bond donors (Lipinski definition) is 3. The second-order valence-corrected chi connectivity index (χ2v) is 11.7. The van der Waals surface area contributed by atoms with Crippen LogP contribution < -0.4 is 25.6 Å². The third-order valence-electron chi connectivity index (χ3n) is 7.83. The highest BCUT2D eigenvalue weighted by Gasteiger charge is 2.43. The highest BCUT2D eigenvalue weighted by Crippen LogP contribution is 2.43. The van der Waals surface area contributed by atoms with Crippen molar-refractivity contribution < 1.29 is 41.1 Å². The van der Waals surface area contributed by atoms with Gasteiger partial charge in [-0.05, 0) is 70.5 Å². The molecule has 0 radical (unpaired) electrons. The third kappa shape index (κ3) is 7.32. The normalized spacial score (nSPS) is 15.2. The Hall–Kier alpha value is -4.86. The molecule has 3 aromatic rings. The van der Waals surface area contributed by atoms with Crippen LogP contribution in [0.25, 0.3) is 11.3 Å². The molecule has 5 rings (SSSR count). The zero-order chi connectivity index (χ0) is 34.7. The van der Waals surface area contributed by atoms with Crippen molar-refractivity contribution in [1.82, 2.24) is 25.5 Å². The smallest absolute Gasteiger partial charge is 0.418 e. The maximum Gasteiger partial charge on any atom is 0.491 e. The van der Waals surface area contributed by atoms with Crippen molar-refractivity contribution in [2.75, 3.05) is 36.4 Å². The molecule has 0 saturated carbocycles. The Morgan fingerprint density at radius 1 is 1.04 bits per heavy atom. The van der Waals surface area contributed by atoms with E-state index in [2.05, 4.69) is 30.8 Å². The Morgan fingerprint density at radius 3 is 2.38 bits per heavy atom. The number of esters is 1. The number of halogens is 5. The fourth-order valence-corrected chi connectivity index (χ4v) is 5.61. The van der Waals surface area contributed by atoms with E-state index in [1.54, 1.807) is 13.8 Å². The van der Waals surface area contributed by atoms with Gasteiger partial charge in [0.2, 0.25) is 5.95 Å². The lowest BCUT2D eigenvalue weighted by Crippen LogP contribution is -2.43. The molecule has 1 saturated heterocycles. The maximum atomic E-state index is 15.1. The maximum absolute atomic E-state index is 15.1. The molecule has 2 aliphatic rings. The average molecular weight is 676 g/mol. The van der Waals surface area contributed by atoms with Gasteiger partial charge < -0.3 is 25.6 Å². The summed E-state index contributed by atoms with van der Waals surface area (Å²) in [6.45, 7) is 7.11. The molecule has 11 nitrogen and oxygen atoms in total. The fourth-order valence-electron chi connectivity index (χ4n) is 5.61. The van der Waals surface area contributed by atoms with E-state index in [1.165, 1.54) is 19.1 Å². The van der Waals surface area contributed by atoms with E-state index >= 15 is 8.78 Å². The van der Waals surface area contributed by atoms with Crippen LogP contribution >= 0.6 is 0 Å². The number of aryl methyl sites for hydroxylation is 1. The Balaban J connectivity index is 1.73. The topological polar surface area (TPSA) is 129 Å². The largest absolute Gasteiger partial charge is 0.491 e. The molecule has 3 N–H and O–H groups in total. The minimum absolute atomic E-state index is 0.0349. The summed E-state index contributed by atoms with van der Waals surface area (Å²) in [5.41, 5.74) is -1.19. The lowest BCUT2D eigenvalue weighted by molar-refractivity contribution is -0.189. The van der Waals surface area contributed by atoms with Crippen molar-refractivity contribution in [2.45, 2.75) is 58.8 Å². The number of likely N-dealkylation sites (tertiary alicyclic amines) is 1. The number of alkyl halides is 3. The van der Waals surface area contributed by atoms with Gasteiger partial charge in [-0.25, -0.2) is 28.3 Å². The molecule has 0 unspecified atom stereocenters. The number of benzene rings is 2. The number of fused-ring (bicyclic) bond motifs is 1. The number of ether oxygens (including phenoxy) is 1. The molecular weight excluding hydrogens is 641 g/mol. The van der Waals surface area contributed by atoms with Crippen LogP contribution in [0.5, 0.6) is 5.75 Å². The number of anilines is 3. The van der Waals surface area contributed by atoms with Crippen LogP contribution in [-0.4, -0.2) is 71.2 Å². The van der Waals surface area contributed by atoms with Crippen LogP contribution in [0.4, 0.5) is 44.2 Å². The van der Waals surface area contributed by atoms with Gasteiger partial charge in [0.1, 0.15) is 17.3 Å². The van der Waals surface area contributed by atoms with Crippen molar-refractivity contribution in [2.24, 2.45) is 0 Å². The molecule has 3 amide bonds. The lowest BCUT2D eigenvalue weighted by atomic mass is 9.95. The van der Waals surface area contributed by atoms with Crippen molar-refractivity contribution in [1.29, 1.82) is 0 Å². The van der Waals surface area contributed by atoms with E-state index in [9.17, 15) is 27.6 Å². The van der Waals surface area contributed by atoms with Gasteiger partial charge in [-0.15, -0.1) is 0 Å². The molecule has 0 spiro atoms. The molecule has 3 heterocycles. The van der Waals surface area contributed by atoms with E-state index in [0.717, 1.165) is 50.6 Å².